The maximum Gasteiger partial charge on any atom is -0.00282 e. The van der Waals surface area contributed by atoms with Crippen LogP contribution in [0.4, 0.5) is 0 Å². The van der Waals surface area contributed by atoms with Crippen LogP contribution in [-0.4, -0.2) is 41.5 Å². The van der Waals surface area contributed by atoms with Crippen LogP contribution < -0.4 is 0 Å². The van der Waals surface area contributed by atoms with E-state index in [9.17, 15) is 0 Å². The van der Waals surface area contributed by atoms with E-state index < -0.39 is 0 Å². The molecule has 80 valence electrons. The molecule has 0 saturated heterocycles. The summed E-state index contributed by atoms with van der Waals surface area (Å²) < 4.78 is 0. The van der Waals surface area contributed by atoms with Crippen LogP contribution in [0.3, 0.4) is 0 Å². The quantitative estimate of drug-likeness (QED) is 0.440. The fraction of sp³-hybridized carbons (Fsp3) is 1.00. The molecule has 0 aliphatic carbocycles. The van der Waals surface area contributed by atoms with Gasteiger partial charge in [-0.1, -0.05) is 20.8 Å². The highest BCUT2D eigenvalue weighted by Crippen LogP contribution is 2.35. The van der Waals surface area contributed by atoms with Gasteiger partial charge in [-0.15, -0.1) is 7.92 Å². The molecule has 0 fully saturated rings. The van der Waals surface area contributed by atoms with Gasteiger partial charge in [-0.3, -0.25) is 0 Å². The highest BCUT2D eigenvalue weighted by atomic mass is 32.2. The monoisotopic (exact) mass is 238 g/mol. The number of hydrogen-bond donors (Lipinski definition) is 0. The number of hydrogen-bond acceptors (Lipinski definition) is 2. The zero-order valence-electron chi connectivity index (χ0n) is 9.21. The molecule has 3 heteroatoms. The summed E-state index contributed by atoms with van der Waals surface area (Å²) in [6.07, 6.45) is 4.42. The molecule has 0 rings (SSSR count). The smallest absolute Gasteiger partial charge is 0.00282 e. The Kier molecular flexibility index (Phi) is 12.2. The lowest BCUT2D eigenvalue weighted by molar-refractivity contribution is 1.35. The fourth-order valence-corrected chi connectivity index (χ4v) is 5.64. The van der Waals surface area contributed by atoms with E-state index in [4.69, 9.17) is 0 Å². The lowest BCUT2D eigenvalue weighted by Gasteiger charge is -2.14. The summed E-state index contributed by atoms with van der Waals surface area (Å²) in [5.41, 5.74) is 0. The predicted octanol–water partition coefficient (Wildman–Crippen LogP) is 3.99. The van der Waals surface area contributed by atoms with Crippen LogP contribution in [0.1, 0.15) is 20.8 Å². The first kappa shape index (κ1) is 14.1. The molecule has 0 radical (unpaired) electrons. The van der Waals surface area contributed by atoms with Gasteiger partial charge in [-0.2, -0.15) is 23.5 Å². The SMILES string of the molecule is CCSCCP(CC)CCSCC. The van der Waals surface area contributed by atoms with Gasteiger partial charge < -0.3 is 0 Å². The van der Waals surface area contributed by atoms with Crippen molar-refractivity contribution in [3.8, 4) is 0 Å². The Hall–Kier alpha value is 1.13. The van der Waals surface area contributed by atoms with Crippen molar-refractivity contribution < 1.29 is 0 Å². The van der Waals surface area contributed by atoms with Crippen LogP contribution >= 0.6 is 31.4 Å². The van der Waals surface area contributed by atoms with Gasteiger partial charge in [0.15, 0.2) is 0 Å². The fourth-order valence-electron chi connectivity index (χ4n) is 1.10. The number of rotatable bonds is 9. The summed E-state index contributed by atoms with van der Waals surface area (Å²) in [5.74, 6) is 5.37. The Morgan fingerprint density at radius 1 is 0.846 bits per heavy atom. The van der Waals surface area contributed by atoms with E-state index in [1.807, 2.05) is 0 Å². The molecule has 0 aliphatic rings. The first-order valence-electron chi connectivity index (χ1n) is 5.22. The summed E-state index contributed by atoms with van der Waals surface area (Å²) in [6, 6.07) is 0. The van der Waals surface area contributed by atoms with E-state index >= 15 is 0 Å². The maximum atomic E-state index is 2.36. The minimum atomic E-state index is 0.377. The maximum absolute atomic E-state index is 2.36. The third-order valence-electron chi connectivity index (χ3n) is 1.96. The van der Waals surface area contributed by atoms with Crippen LogP contribution in [0, 0.1) is 0 Å². The van der Waals surface area contributed by atoms with E-state index in [1.54, 1.807) is 0 Å². The molecule has 0 aliphatic heterocycles. The topological polar surface area (TPSA) is 0 Å². The summed E-state index contributed by atoms with van der Waals surface area (Å²) in [4.78, 5) is 0. The molecule has 0 saturated carbocycles. The average molecular weight is 238 g/mol. The van der Waals surface area contributed by atoms with Crippen molar-refractivity contribution in [2.45, 2.75) is 20.8 Å². The van der Waals surface area contributed by atoms with E-state index in [0.717, 1.165) is 0 Å². The molecule has 0 nitrogen and oxygen atoms in total. The second-order valence-corrected chi connectivity index (χ2v) is 8.48. The number of thioether (sulfide) groups is 2. The molecule has 0 heterocycles. The molecule has 0 aromatic heterocycles. The average Bonchev–Trinajstić information content (AvgIpc) is 2.16. The minimum Gasteiger partial charge on any atom is -0.162 e. The Bertz CT molecular complexity index is 88.9. The first-order valence-corrected chi connectivity index (χ1v) is 9.43. The van der Waals surface area contributed by atoms with Crippen LogP contribution in [-0.2, 0) is 0 Å². The lowest BCUT2D eigenvalue weighted by atomic mass is 10.9. The molecule has 0 bridgehead atoms. The zero-order chi connectivity index (χ0) is 9.94. The van der Waals surface area contributed by atoms with Crippen LogP contribution in [0.5, 0.6) is 0 Å². The molecule has 0 unspecified atom stereocenters. The third-order valence-corrected chi connectivity index (χ3v) is 6.97. The van der Waals surface area contributed by atoms with Gasteiger partial charge >= 0.3 is 0 Å². The standard InChI is InChI=1S/C10H23PS2/c1-4-11(7-9-12-5-2)8-10-13-6-3/h4-10H2,1-3H3. The van der Waals surface area contributed by atoms with Gasteiger partial charge in [-0.25, -0.2) is 0 Å². The molecular formula is C10H23PS2. The van der Waals surface area contributed by atoms with Gasteiger partial charge in [0.25, 0.3) is 0 Å². The molecule has 0 atom stereocenters. The van der Waals surface area contributed by atoms with Gasteiger partial charge in [0.2, 0.25) is 0 Å². The van der Waals surface area contributed by atoms with Crippen molar-refractivity contribution in [1.29, 1.82) is 0 Å². The van der Waals surface area contributed by atoms with Gasteiger partial charge in [0, 0.05) is 0 Å². The lowest BCUT2D eigenvalue weighted by Crippen LogP contribution is -1.98. The summed E-state index contributed by atoms with van der Waals surface area (Å²) >= 11 is 4.20. The second kappa shape index (κ2) is 11.2. The Morgan fingerprint density at radius 2 is 1.31 bits per heavy atom. The molecule has 13 heavy (non-hydrogen) atoms. The van der Waals surface area contributed by atoms with Crippen LogP contribution in [0.25, 0.3) is 0 Å². The highest BCUT2D eigenvalue weighted by molar-refractivity contribution is 8.00. The highest BCUT2D eigenvalue weighted by Gasteiger charge is 2.04. The van der Waals surface area contributed by atoms with Crippen molar-refractivity contribution >= 4 is 31.4 Å². The molecule has 0 aromatic rings. The molecule has 0 aromatic carbocycles. The van der Waals surface area contributed by atoms with Crippen molar-refractivity contribution in [2.75, 3.05) is 41.5 Å². The first-order chi connectivity index (χ1) is 6.35. The van der Waals surface area contributed by atoms with Gasteiger partial charge in [0.05, 0.1) is 0 Å². The Labute approximate surface area is 93.8 Å². The van der Waals surface area contributed by atoms with Gasteiger partial charge in [0.1, 0.15) is 0 Å². The molecule has 0 amide bonds. The van der Waals surface area contributed by atoms with Crippen molar-refractivity contribution in [3.63, 3.8) is 0 Å². The van der Waals surface area contributed by atoms with Crippen molar-refractivity contribution in [2.24, 2.45) is 0 Å². The van der Waals surface area contributed by atoms with Crippen LogP contribution in [0.15, 0.2) is 0 Å². The van der Waals surface area contributed by atoms with E-state index in [1.165, 1.54) is 41.5 Å². The van der Waals surface area contributed by atoms with E-state index in [2.05, 4.69) is 44.3 Å². The normalized spacial score (nSPS) is 11.1. The van der Waals surface area contributed by atoms with E-state index in [0.29, 0.717) is 7.92 Å². The second-order valence-electron chi connectivity index (χ2n) is 2.83. The predicted molar refractivity (Wildman–Crippen MR) is 73.2 cm³/mol. The molecular weight excluding hydrogens is 215 g/mol. The van der Waals surface area contributed by atoms with E-state index in [-0.39, 0.29) is 0 Å². The summed E-state index contributed by atoms with van der Waals surface area (Å²) in [7, 11) is 0.377. The zero-order valence-corrected chi connectivity index (χ0v) is 11.7. The third kappa shape index (κ3) is 9.43. The Balaban J connectivity index is 3.28. The Morgan fingerprint density at radius 3 is 1.62 bits per heavy atom. The largest absolute Gasteiger partial charge is 0.162 e. The molecule has 0 N–H and O–H groups in total. The van der Waals surface area contributed by atoms with Crippen LogP contribution in [0.2, 0.25) is 0 Å². The summed E-state index contributed by atoms with van der Waals surface area (Å²) in [6.45, 7) is 6.87. The minimum absolute atomic E-state index is 0.377. The van der Waals surface area contributed by atoms with Crippen molar-refractivity contribution in [1.82, 2.24) is 0 Å². The summed E-state index contributed by atoms with van der Waals surface area (Å²) in [5, 5.41) is 0. The molecule has 0 spiro atoms. The van der Waals surface area contributed by atoms with Gasteiger partial charge in [-0.05, 0) is 41.5 Å². The van der Waals surface area contributed by atoms with Crippen molar-refractivity contribution in [3.05, 3.63) is 0 Å².